The van der Waals surface area contributed by atoms with Gasteiger partial charge < -0.3 is 10.0 Å². The fourth-order valence-electron chi connectivity index (χ4n) is 4.15. The van der Waals surface area contributed by atoms with Crippen LogP contribution in [0.5, 0.6) is 0 Å². The summed E-state index contributed by atoms with van der Waals surface area (Å²) in [7, 11) is 0. The van der Waals surface area contributed by atoms with E-state index < -0.39 is 5.97 Å². The third kappa shape index (κ3) is 4.46. The lowest BCUT2D eigenvalue weighted by molar-refractivity contribution is -0.137. The topological polar surface area (TPSA) is 84.5 Å². The summed E-state index contributed by atoms with van der Waals surface area (Å²) < 4.78 is 3.48. The van der Waals surface area contributed by atoms with Crippen LogP contribution >= 0.6 is 0 Å². The minimum Gasteiger partial charge on any atom is -0.481 e. The molecule has 1 aromatic heterocycles. The monoisotopic (exact) mass is 387 g/mol. The molecule has 0 radical (unpaired) electrons. The number of rotatable bonds is 8. The molecule has 7 heteroatoms. The van der Waals surface area contributed by atoms with Crippen LogP contribution in [0.3, 0.4) is 0 Å². The van der Waals surface area contributed by atoms with Crippen LogP contribution in [0.25, 0.3) is 11.0 Å². The number of aryl methyl sites for hydroxylation is 2. The molecule has 0 bridgehead atoms. The Morgan fingerprint density at radius 1 is 1.11 bits per heavy atom. The maximum atomic E-state index is 12.8. The molecule has 0 unspecified atom stereocenters. The average molecular weight is 387 g/mol. The smallest absolute Gasteiger partial charge is 0.329 e. The minimum atomic E-state index is -0.786. The van der Waals surface area contributed by atoms with E-state index in [0.29, 0.717) is 26.1 Å². The van der Waals surface area contributed by atoms with E-state index in [9.17, 15) is 14.4 Å². The number of benzene rings is 1. The zero-order valence-electron chi connectivity index (χ0n) is 16.5. The number of piperidine rings is 1. The maximum Gasteiger partial charge on any atom is 0.329 e. The van der Waals surface area contributed by atoms with Crippen LogP contribution in [-0.2, 0) is 22.7 Å². The van der Waals surface area contributed by atoms with Crippen molar-refractivity contribution >= 4 is 22.9 Å². The molecule has 0 aliphatic carbocycles. The number of amides is 1. The Labute approximate surface area is 164 Å². The lowest BCUT2D eigenvalue weighted by Crippen LogP contribution is -2.40. The van der Waals surface area contributed by atoms with Gasteiger partial charge in [0.1, 0.15) is 0 Å². The van der Waals surface area contributed by atoms with Gasteiger partial charge in [0.2, 0.25) is 5.91 Å². The van der Waals surface area contributed by atoms with E-state index in [4.69, 9.17) is 5.11 Å². The standard InChI is InChI=1S/C21H29N3O4/c1-2-12-23-17-7-3-4-8-18(17)24(21(23)28)14-11-19(25)22-13-5-6-16(15-22)9-10-20(26)27/h3-4,7-8,16H,2,5-6,9-15H2,1H3,(H,26,27)/t16-/m0/s1. The highest BCUT2D eigenvalue weighted by atomic mass is 16.4. The zero-order valence-corrected chi connectivity index (χ0v) is 16.5. The summed E-state index contributed by atoms with van der Waals surface area (Å²) in [5.74, 6) is -0.492. The Bertz CT molecular complexity index is 899. The van der Waals surface area contributed by atoms with Crippen molar-refractivity contribution in [1.29, 1.82) is 0 Å². The number of fused-ring (bicyclic) bond motifs is 1. The summed E-state index contributed by atoms with van der Waals surface area (Å²) in [5.41, 5.74) is 1.72. The number of carboxylic acid groups (broad SMARTS) is 1. The van der Waals surface area contributed by atoms with Gasteiger partial charge in [-0.2, -0.15) is 0 Å². The van der Waals surface area contributed by atoms with Gasteiger partial charge >= 0.3 is 11.7 Å². The first-order valence-corrected chi connectivity index (χ1v) is 10.2. The van der Waals surface area contributed by atoms with E-state index >= 15 is 0 Å². The van der Waals surface area contributed by atoms with Crippen LogP contribution in [0.2, 0.25) is 0 Å². The molecule has 1 aromatic carbocycles. The van der Waals surface area contributed by atoms with Crippen LogP contribution in [0.1, 0.15) is 45.4 Å². The van der Waals surface area contributed by atoms with Crippen LogP contribution in [-0.4, -0.2) is 44.1 Å². The molecule has 1 N–H and O–H groups in total. The van der Waals surface area contributed by atoms with E-state index in [1.54, 1.807) is 9.13 Å². The fourth-order valence-corrected chi connectivity index (χ4v) is 4.15. The number of hydrogen-bond acceptors (Lipinski definition) is 3. The first-order valence-electron chi connectivity index (χ1n) is 10.2. The summed E-state index contributed by atoms with van der Waals surface area (Å²) >= 11 is 0. The zero-order chi connectivity index (χ0) is 20.1. The highest BCUT2D eigenvalue weighted by molar-refractivity contribution is 5.78. The Kier molecular flexibility index (Phi) is 6.54. The number of likely N-dealkylation sites (tertiary alicyclic amines) is 1. The molecule has 3 rings (SSSR count). The SMILES string of the molecule is CCCn1c(=O)n(CCC(=O)N2CCC[C@@H](CCC(=O)O)C2)c2ccccc21. The number of para-hydroxylation sites is 2. The number of carboxylic acids is 1. The lowest BCUT2D eigenvalue weighted by Gasteiger charge is -2.32. The number of imidazole rings is 1. The molecule has 0 spiro atoms. The molecule has 2 aromatic rings. The predicted octanol–water partition coefficient (Wildman–Crippen LogP) is 2.71. The van der Waals surface area contributed by atoms with Gasteiger partial charge in [0, 0.05) is 39.0 Å². The molecule has 1 saturated heterocycles. The quantitative estimate of drug-likeness (QED) is 0.755. The van der Waals surface area contributed by atoms with Crippen molar-refractivity contribution in [3.8, 4) is 0 Å². The second kappa shape index (κ2) is 9.08. The van der Waals surface area contributed by atoms with Gasteiger partial charge in [0.05, 0.1) is 11.0 Å². The third-order valence-electron chi connectivity index (χ3n) is 5.56. The van der Waals surface area contributed by atoms with Gasteiger partial charge in [-0.15, -0.1) is 0 Å². The summed E-state index contributed by atoms with van der Waals surface area (Å²) in [4.78, 5) is 38.2. The number of carbonyl (C=O) groups is 2. The van der Waals surface area contributed by atoms with Gasteiger partial charge in [-0.3, -0.25) is 18.7 Å². The van der Waals surface area contributed by atoms with E-state index in [-0.39, 0.29) is 30.4 Å². The highest BCUT2D eigenvalue weighted by Crippen LogP contribution is 2.22. The summed E-state index contributed by atoms with van der Waals surface area (Å²) in [5, 5.41) is 8.87. The van der Waals surface area contributed by atoms with Gasteiger partial charge in [-0.05, 0) is 43.7 Å². The van der Waals surface area contributed by atoms with E-state index in [1.165, 1.54) is 0 Å². The second-order valence-electron chi connectivity index (χ2n) is 7.60. The van der Waals surface area contributed by atoms with E-state index in [1.807, 2.05) is 36.1 Å². The van der Waals surface area contributed by atoms with Crippen molar-refractivity contribution in [1.82, 2.24) is 14.0 Å². The van der Waals surface area contributed by atoms with Crippen molar-refractivity contribution in [3.63, 3.8) is 0 Å². The highest BCUT2D eigenvalue weighted by Gasteiger charge is 2.24. The van der Waals surface area contributed by atoms with Gasteiger partial charge in [-0.1, -0.05) is 19.1 Å². The number of aromatic nitrogens is 2. The van der Waals surface area contributed by atoms with Gasteiger partial charge in [-0.25, -0.2) is 4.79 Å². The van der Waals surface area contributed by atoms with Crippen molar-refractivity contribution < 1.29 is 14.7 Å². The first kappa shape index (κ1) is 20.2. The maximum absolute atomic E-state index is 12.8. The number of hydrogen-bond donors (Lipinski definition) is 1. The Morgan fingerprint density at radius 2 is 1.79 bits per heavy atom. The molecule has 152 valence electrons. The van der Waals surface area contributed by atoms with Gasteiger partial charge in [0.25, 0.3) is 0 Å². The summed E-state index contributed by atoms with van der Waals surface area (Å²) in [6.07, 6.45) is 3.80. The first-order chi connectivity index (χ1) is 13.5. The van der Waals surface area contributed by atoms with Crippen molar-refractivity contribution in [2.24, 2.45) is 5.92 Å². The predicted molar refractivity (Wildman–Crippen MR) is 107 cm³/mol. The summed E-state index contributed by atoms with van der Waals surface area (Å²) in [6, 6.07) is 7.71. The Hall–Kier alpha value is -2.57. The fraction of sp³-hybridized carbons (Fsp3) is 0.571. The van der Waals surface area contributed by atoms with Crippen LogP contribution in [0, 0.1) is 5.92 Å². The molecule has 1 amide bonds. The molecular weight excluding hydrogens is 358 g/mol. The molecule has 7 nitrogen and oxygen atoms in total. The average Bonchev–Trinajstić information content (AvgIpc) is 2.96. The van der Waals surface area contributed by atoms with Crippen LogP contribution < -0.4 is 5.69 Å². The molecule has 2 heterocycles. The van der Waals surface area contributed by atoms with Crippen LogP contribution in [0.15, 0.2) is 29.1 Å². The molecule has 1 aliphatic rings. The Balaban J connectivity index is 1.67. The molecular formula is C21H29N3O4. The van der Waals surface area contributed by atoms with Crippen LogP contribution in [0.4, 0.5) is 0 Å². The summed E-state index contributed by atoms with van der Waals surface area (Å²) in [6.45, 7) is 4.41. The normalized spacial score (nSPS) is 17.2. The molecule has 28 heavy (non-hydrogen) atoms. The Morgan fingerprint density at radius 3 is 2.43 bits per heavy atom. The number of aliphatic carboxylic acids is 1. The van der Waals surface area contributed by atoms with Crippen molar-refractivity contribution in [2.45, 2.75) is 58.5 Å². The number of carbonyl (C=O) groups excluding carboxylic acids is 1. The molecule has 1 fully saturated rings. The van der Waals surface area contributed by atoms with Gasteiger partial charge in [0.15, 0.2) is 0 Å². The molecule has 1 aliphatic heterocycles. The second-order valence-corrected chi connectivity index (χ2v) is 7.60. The molecule has 0 saturated carbocycles. The largest absolute Gasteiger partial charge is 0.481 e. The minimum absolute atomic E-state index is 0.0410. The van der Waals surface area contributed by atoms with Crippen molar-refractivity contribution in [2.75, 3.05) is 13.1 Å². The number of nitrogens with zero attached hydrogens (tertiary/aromatic N) is 3. The molecule has 1 atom stereocenters. The van der Waals surface area contributed by atoms with E-state index in [0.717, 1.165) is 36.8 Å². The van der Waals surface area contributed by atoms with E-state index in [2.05, 4.69) is 0 Å². The third-order valence-corrected chi connectivity index (χ3v) is 5.56. The van der Waals surface area contributed by atoms with Crippen molar-refractivity contribution in [3.05, 3.63) is 34.7 Å². The lowest BCUT2D eigenvalue weighted by atomic mass is 9.93.